The van der Waals surface area contributed by atoms with Crippen molar-refractivity contribution in [1.82, 2.24) is 0 Å². The lowest BCUT2D eigenvalue weighted by molar-refractivity contribution is 0.563. The quantitative estimate of drug-likeness (QED) is 0.0868. The first-order valence-electron chi connectivity index (χ1n) is 22.6. The zero-order valence-electron chi connectivity index (χ0n) is 37.3. The monoisotopic (exact) mass is 842 g/mol. The van der Waals surface area contributed by atoms with E-state index in [1.807, 2.05) is 36.4 Å². The number of benzene rings is 8. The van der Waals surface area contributed by atoms with E-state index in [1.165, 1.54) is 38.9 Å². The summed E-state index contributed by atoms with van der Waals surface area (Å²) >= 11 is 0. The van der Waals surface area contributed by atoms with Crippen molar-refractivity contribution in [3.63, 3.8) is 0 Å². The number of hydrogen-bond donors (Lipinski definition) is 0. The Morgan fingerprint density at radius 3 is 1.65 bits per heavy atom. The highest BCUT2D eigenvalue weighted by molar-refractivity contribution is 6.16. The second-order valence-electron chi connectivity index (χ2n) is 17.7. The third kappa shape index (κ3) is 6.61. The fourth-order valence-electron chi connectivity index (χ4n) is 10.5. The highest BCUT2D eigenvalue weighted by Crippen LogP contribution is 2.63. The van der Waals surface area contributed by atoms with E-state index in [9.17, 15) is 0 Å². The third-order valence-corrected chi connectivity index (χ3v) is 13.7. The molecule has 0 heterocycles. The molecule has 2 heteroatoms. The van der Waals surface area contributed by atoms with E-state index in [-0.39, 0.29) is 5.41 Å². The predicted octanol–water partition coefficient (Wildman–Crippen LogP) is 15.4. The van der Waals surface area contributed by atoms with Crippen LogP contribution in [0.4, 0.5) is 0 Å². The standard InChI is InChI=1S/C64H46N2/c1-5-60(50-24-13-8-14-25-50)66-62(65-43(2)44-32-34-47(35-33-44)45-20-9-6-10-21-45)52-26-19-31-59-61(52)53-42-51(49-38-36-48(37-39-49)46-22-11-7-12-23-46)40-41-54(53)64(59)57-29-17-15-27-55(57)63(3,4)56-28-16-18-30-58(56)64/h6,8-11,13-42H,1H2,2-4H3/b65-43+,66-62-. The van der Waals surface area contributed by atoms with Crippen LogP contribution >= 0.6 is 0 Å². The molecule has 0 saturated heterocycles. The molecule has 0 N–H and O–H groups in total. The Hall–Kier alpha value is -8.34. The van der Waals surface area contributed by atoms with Crippen molar-refractivity contribution in [1.29, 1.82) is 0 Å². The molecule has 0 fully saturated rings. The molecule has 9 aromatic carbocycles. The molecule has 2 aliphatic carbocycles. The molecule has 0 radical (unpaired) electrons. The first kappa shape index (κ1) is 40.4. The second-order valence-corrected chi connectivity index (χ2v) is 17.7. The minimum absolute atomic E-state index is 0.224. The molecule has 0 unspecified atom stereocenters. The maximum atomic E-state index is 5.52. The van der Waals surface area contributed by atoms with Crippen molar-refractivity contribution in [3.05, 3.63) is 287 Å². The number of fused-ring (bicyclic) bond motifs is 9. The van der Waals surface area contributed by atoms with Crippen LogP contribution in [-0.2, 0) is 10.8 Å². The summed E-state index contributed by atoms with van der Waals surface area (Å²) in [5.74, 6) is 0.596. The maximum absolute atomic E-state index is 5.52. The molecule has 2 aliphatic rings. The molecule has 2 nitrogen and oxygen atoms in total. The molecule has 0 bridgehead atoms. The number of hydrogen-bond acceptors (Lipinski definition) is 1. The maximum Gasteiger partial charge on any atom is 0.161 e. The minimum atomic E-state index is -0.611. The third-order valence-electron chi connectivity index (χ3n) is 13.7. The normalized spacial score (nSPS) is 14.0. The zero-order valence-corrected chi connectivity index (χ0v) is 37.3. The van der Waals surface area contributed by atoms with Crippen molar-refractivity contribution in [3.8, 4) is 44.5 Å². The lowest BCUT2D eigenvalue weighted by atomic mass is 9.55. The largest absolute Gasteiger partial charge is 0.233 e. The number of aliphatic imine (C=N–C) groups is 2. The molecule has 66 heavy (non-hydrogen) atoms. The van der Waals surface area contributed by atoms with E-state index in [2.05, 4.69) is 221 Å². The van der Waals surface area contributed by atoms with E-state index < -0.39 is 5.41 Å². The lowest BCUT2D eigenvalue weighted by Gasteiger charge is -2.46. The number of rotatable bonds is 7. The van der Waals surface area contributed by atoms with Gasteiger partial charge in [0.2, 0.25) is 0 Å². The molecule has 0 atom stereocenters. The Balaban J connectivity index is 1.17. The van der Waals surface area contributed by atoms with Gasteiger partial charge in [-0.2, -0.15) is 0 Å². The van der Waals surface area contributed by atoms with Crippen LogP contribution in [0.3, 0.4) is 0 Å². The Morgan fingerprint density at radius 2 is 1.02 bits per heavy atom. The summed E-state index contributed by atoms with van der Waals surface area (Å²) in [4.78, 5) is 11.0. The molecular weight excluding hydrogens is 797 g/mol. The molecule has 1 spiro atoms. The van der Waals surface area contributed by atoms with Gasteiger partial charge in [-0.15, -0.1) is 5.73 Å². The van der Waals surface area contributed by atoms with Crippen LogP contribution < -0.4 is 0 Å². The average molecular weight is 843 g/mol. The SMILES string of the molecule is C=C=C(/N=C(\N=C(/C)c1ccc(-c2ccccc2)cc1)c1cccc2c1-c1cc(-c3ccc(-c4cc#ccc4)cc3)ccc1C21c2ccccc2C(C)(C)c2ccccc21)c1ccccc1. The summed E-state index contributed by atoms with van der Waals surface area (Å²) in [6.07, 6.45) is 0. The van der Waals surface area contributed by atoms with Gasteiger partial charge >= 0.3 is 0 Å². The number of amidine groups is 1. The van der Waals surface area contributed by atoms with Crippen LogP contribution in [0.2, 0.25) is 0 Å². The van der Waals surface area contributed by atoms with Crippen molar-refractivity contribution >= 4 is 17.2 Å². The summed E-state index contributed by atoms with van der Waals surface area (Å²) in [5, 5.41) is 0. The van der Waals surface area contributed by atoms with Crippen LogP contribution in [0.1, 0.15) is 70.8 Å². The van der Waals surface area contributed by atoms with Gasteiger partial charge in [0.25, 0.3) is 0 Å². The topological polar surface area (TPSA) is 24.7 Å². The van der Waals surface area contributed by atoms with E-state index >= 15 is 0 Å². The van der Waals surface area contributed by atoms with E-state index in [1.54, 1.807) is 0 Å². The smallest absolute Gasteiger partial charge is 0.161 e. The van der Waals surface area contributed by atoms with Crippen LogP contribution in [0.25, 0.3) is 50.2 Å². The van der Waals surface area contributed by atoms with Crippen LogP contribution in [0.15, 0.2) is 235 Å². The highest BCUT2D eigenvalue weighted by atomic mass is 14.9. The van der Waals surface area contributed by atoms with Crippen LogP contribution in [0.5, 0.6) is 0 Å². The van der Waals surface area contributed by atoms with Gasteiger partial charge in [0, 0.05) is 22.3 Å². The second kappa shape index (κ2) is 16.3. The van der Waals surface area contributed by atoms with Crippen molar-refractivity contribution < 1.29 is 0 Å². The van der Waals surface area contributed by atoms with Gasteiger partial charge in [-0.05, 0) is 115 Å². The molecule has 0 saturated carbocycles. The summed E-state index contributed by atoms with van der Waals surface area (Å²) in [5.41, 5.74) is 23.6. The molecular formula is C64H46N2. The predicted molar refractivity (Wildman–Crippen MR) is 274 cm³/mol. The minimum Gasteiger partial charge on any atom is -0.233 e. The first-order valence-corrected chi connectivity index (χ1v) is 22.6. The summed E-state index contributed by atoms with van der Waals surface area (Å²) in [6, 6.07) is 82.2. The van der Waals surface area contributed by atoms with Crippen LogP contribution in [0, 0.1) is 12.1 Å². The molecule has 11 rings (SSSR count). The molecule has 0 amide bonds. The fraction of sp³-hybridized carbons (Fsp3) is 0.0781. The Labute approximate surface area is 388 Å². The molecule has 9 aromatic rings. The van der Waals surface area contributed by atoms with Crippen molar-refractivity contribution in [2.45, 2.75) is 31.6 Å². The summed E-state index contributed by atoms with van der Waals surface area (Å²) in [6.45, 7) is 11.0. The fourth-order valence-corrected chi connectivity index (χ4v) is 10.5. The van der Waals surface area contributed by atoms with Gasteiger partial charge in [-0.25, -0.2) is 9.98 Å². The molecule has 0 aromatic heterocycles. The Morgan fingerprint density at radius 1 is 0.470 bits per heavy atom. The van der Waals surface area contributed by atoms with E-state index in [0.717, 1.165) is 61.3 Å². The van der Waals surface area contributed by atoms with E-state index in [4.69, 9.17) is 9.98 Å². The van der Waals surface area contributed by atoms with Crippen molar-refractivity contribution in [2.75, 3.05) is 0 Å². The first-order chi connectivity index (χ1) is 32.4. The lowest BCUT2D eigenvalue weighted by Crippen LogP contribution is -2.40. The van der Waals surface area contributed by atoms with Gasteiger partial charge in [0.15, 0.2) is 5.84 Å². The number of nitrogens with zero attached hydrogens (tertiary/aromatic N) is 2. The highest BCUT2D eigenvalue weighted by Gasteiger charge is 2.54. The average Bonchev–Trinajstić information content (AvgIpc) is 3.68. The van der Waals surface area contributed by atoms with Gasteiger partial charge in [-0.3, -0.25) is 0 Å². The van der Waals surface area contributed by atoms with Gasteiger partial charge < -0.3 is 0 Å². The van der Waals surface area contributed by atoms with E-state index in [0.29, 0.717) is 11.5 Å². The molecule has 312 valence electrons. The van der Waals surface area contributed by atoms with Crippen molar-refractivity contribution in [2.24, 2.45) is 9.98 Å². The zero-order chi connectivity index (χ0) is 44.8. The summed E-state index contributed by atoms with van der Waals surface area (Å²) < 4.78 is 0. The van der Waals surface area contributed by atoms with Gasteiger partial charge in [-0.1, -0.05) is 221 Å². The van der Waals surface area contributed by atoms with Gasteiger partial charge in [0.05, 0.1) is 5.41 Å². The summed E-state index contributed by atoms with van der Waals surface area (Å²) in [7, 11) is 0. The Bertz CT molecular complexity index is 3350. The Kier molecular flexibility index (Phi) is 10.0. The van der Waals surface area contributed by atoms with Gasteiger partial charge in [0.1, 0.15) is 5.70 Å². The molecule has 0 aliphatic heterocycles. The van der Waals surface area contributed by atoms with Crippen LogP contribution in [-0.4, -0.2) is 11.5 Å².